The van der Waals surface area contributed by atoms with Crippen molar-refractivity contribution in [1.29, 1.82) is 0 Å². The van der Waals surface area contributed by atoms with Crippen molar-refractivity contribution in [3.05, 3.63) is 68.1 Å². The Hall–Kier alpha value is -2.15. The van der Waals surface area contributed by atoms with E-state index in [4.69, 9.17) is 23.2 Å². The summed E-state index contributed by atoms with van der Waals surface area (Å²) < 4.78 is 0.795. The normalized spacial score (nSPS) is 16.4. The van der Waals surface area contributed by atoms with Gasteiger partial charge in [-0.25, -0.2) is 9.69 Å². The van der Waals surface area contributed by atoms with Gasteiger partial charge in [-0.1, -0.05) is 45.2 Å². The zero-order valence-electron chi connectivity index (χ0n) is 12.4. The summed E-state index contributed by atoms with van der Waals surface area (Å²) in [4.78, 5) is 37.8. The highest BCUT2D eigenvalue weighted by atomic mass is 79.9. The van der Waals surface area contributed by atoms with Crippen LogP contribution in [-0.4, -0.2) is 17.8 Å². The summed E-state index contributed by atoms with van der Waals surface area (Å²) in [6.07, 6.45) is 1.36. The van der Waals surface area contributed by atoms with Gasteiger partial charge in [0.05, 0.1) is 15.7 Å². The second-order valence-electron chi connectivity index (χ2n) is 5.11. The number of urea groups is 1. The lowest BCUT2D eigenvalue weighted by molar-refractivity contribution is -0.122. The molecule has 0 atom stereocenters. The van der Waals surface area contributed by atoms with Gasteiger partial charge in [0.15, 0.2) is 0 Å². The van der Waals surface area contributed by atoms with Gasteiger partial charge < -0.3 is 0 Å². The summed E-state index contributed by atoms with van der Waals surface area (Å²) in [6, 6.07) is 10.5. The van der Waals surface area contributed by atoms with Crippen LogP contribution < -0.4 is 10.2 Å². The largest absolute Gasteiger partial charge is 0.335 e. The minimum absolute atomic E-state index is 0.180. The molecule has 0 saturated carbocycles. The molecule has 2 aromatic carbocycles. The van der Waals surface area contributed by atoms with Crippen molar-refractivity contribution in [2.45, 2.75) is 0 Å². The Balaban J connectivity index is 2.01. The van der Waals surface area contributed by atoms with E-state index in [9.17, 15) is 14.4 Å². The molecule has 0 unspecified atom stereocenters. The standard InChI is InChI=1S/C17H9BrCl2N2O3/c18-10-2-4-11(5-3-10)22-16(24)12(15(23)21-17(22)25)7-9-1-6-13(19)14(20)8-9/h1-8H,(H,21,23,25). The van der Waals surface area contributed by atoms with Gasteiger partial charge in [-0.05, 0) is 48.0 Å². The lowest BCUT2D eigenvalue weighted by Crippen LogP contribution is -2.54. The Bertz CT molecular complexity index is 926. The molecule has 2 aromatic rings. The molecule has 0 spiro atoms. The Morgan fingerprint density at radius 1 is 0.960 bits per heavy atom. The number of imide groups is 2. The van der Waals surface area contributed by atoms with Crippen molar-refractivity contribution in [1.82, 2.24) is 5.32 Å². The summed E-state index contributed by atoms with van der Waals surface area (Å²) in [7, 11) is 0. The second-order valence-corrected chi connectivity index (χ2v) is 6.84. The van der Waals surface area contributed by atoms with E-state index in [1.807, 2.05) is 0 Å². The third-order valence-corrected chi connectivity index (χ3v) is 4.71. The molecule has 1 saturated heterocycles. The number of nitrogens with one attached hydrogen (secondary N) is 1. The van der Waals surface area contributed by atoms with Gasteiger partial charge in [0, 0.05) is 4.47 Å². The minimum Gasteiger partial charge on any atom is -0.273 e. The number of carbonyl (C=O) groups excluding carboxylic acids is 3. The maximum Gasteiger partial charge on any atom is 0.335 e. The Morgan fingerprint density at radius 3 is 2.28 bits per heavy atom. The van der Waals surface area contributed by atoms with Crippen molar-refractivity contribution in [3.63, 3.8) is 0 Å². The van der Waals surface area contributed by atoms with Crippen LogP contribution in [0.2, 0.25) is 10.0 Å². The van der Waals surface area contributed by atoms with Crippen LogP contribution in [0.5, 0.6) is 0 Å². The first-order valence-electron chi connectivity index (χ1n) is 6.99. The number of benzene rings is 2. The van der Waals surface area contributed by atoms with E-state index in [2.05, 4.69) is 21.2 Å². The van der Waals surface area contributed by atoms with Crippen molar-refractivity contribution in [2.75, 3.05) is 4.90 Å². The molecular weight excluding hydrogens is 431 g/mol. The minimum atomic E-state index is -0.802. The van der Waals surface area contributed by atoms with Gasteiger partial charge in [-0.3, -0.25) is 14.9 Å². The Morgan fingerprint density at radius 2 is 1.64 bits per heavy atom. The van der Waals surface area contributed by atoms with Crippen LogP contribution in [0.3, 0.4) is 0 Å². The van der Waals surface area contributed by atoms with Crippen LogP contribution in [0.1, 0.15) is 5.56 Å². The number of hydrogen-bond donors (Lipinski definition) is 1. The van der Waals surface area contributed by atoms with Crippen molar-refractivity contribution in [3.8, 4) is 0 Å². The lowest BCUT2D eigenvalue weighted by Gasteiger charge is -2.26. The van der Waals surface area contributed by atoms with Crippen LogP contribution in [-0.2, 0) is 9.59 Å². The molecule has 8 heteroatoms. The molecule has 126 valence electrons. The first-order valence-corrected chi connectivity index (χ1v) is 8.54. The fourth-order valence-electron chi connectivity index (χ4n) is 2.25. The average molecular weight is 440 g/mol. The van der Waals surface area contributed by atoms with Gasteiger partial charge in [0.1, 0.15) is 5.57 Å². The van der Waals surface area contributed by atoms with E-state index in [0.717, 1.165) is 9.37 Å². The van der Waals surface area contributed by atoms with E-state index in [1.165, 1.54) is 12.1 Å². The fourth-order valence-corrected chi connectivity index (χ4v) is 2.82. The first-order chi connectivity index (χ1) is 11.9. The molecule has 1 aliphatic rings. The third-order valence-electron chi connectivity index (χ3n) is 3.44. The fraction of sp³-hybridized carbons (Fsp3) is 0. The summed E-state index contributed by atoms with van der Waals surface area (Å²) in [5.41, 5.74) is 0.678. The number of halogens is 3. The molecule has 5 nitrogen and oxygen atoms in total. The second kappa shape index (κ2) is 7.00. The number of barbiturate groups is 1. The van der Waals surface area contributed by atoms with Gasteiger partial charge >= 0.3 is 6.03 Å². The van der Waals surface area contributed by atoms with Crippen molar-refractivity contribution < 1.29 is 14.4 Å². The van der Waals surface area contributed by atoms with E-state index in [0.29, 0.717) is 21.3 Å². The third kappa shape index (κ3) is 3.61. The highest BCUT2D eigenvalue weighted by molar-refractivity contribution is 9.10. The quantitative estimate of drug-likeness (QED) is 0.556. The van der Waals surface area contributed by atoms with E-state index >= 15 is 0 Å². The topological polar surface area (TPSA) is 66.5 Å². The first kappa shape index (κ1) is 17.7. The number of rotatable bonds is 2. The van der Waals surface area contributed by atoms with E-state index in [-0.39, 0.29) is 5.57 Å². The summed E-state index contributed by atoms with van der Waals surface area (Å²) in [6.45, 7) is 0. The zero-order valence-corrected chi connectivity index (χ0v) is 15.5. The van der Waals surface area contributed by atoms with Gasteiger partial charge in [0.25, 0.3) is 11.8 Å². The van der Waals surface area contributed by atoms with E-state index < -0.39 is 17.8 Å². The number of amides is 4. The van der Waals surface area contributed by atoms with Crippen LogP contribution in [0.25, 0.3) is 6.08 Å². The maximum atomic E-state index is 12.7. The van der Waals surface area contributed by atoms with Crippen molar-refractivity contribution in [2.24, 2.45) is 0 Å². The molecule has 0 radical (unpaired) electrons. The van der Waals surface area contributed by atoms with Crippen LogP contribution in [0.4, 0.5) is 10.5 Å². The summed E-state index contributed by atoms with van der Waals surface area (Å²) in [5.74, 6) is -1.49. The highest BCUT2D eigenvalue weighted by Gasteiger charge is 2.36. The number of nitrogens with zero attached hydrogens (tertiary/aromatic N) is 1. The molecule has 0 aromatic heterocycles. The summed E-state index contributed by atoms with van der Waals surface area (Å²) in [5, 5.41) is 2.81. The zero-order chi connectivity index (χ0) is 18.1. The molecule has 4 amide bonds. The van der Waals surface area contributed by atoms with Crippen LogP contribution in [0, 0.1) is 0 Å². The predicted molar refractivity (Wildman–Crippen MR) is 99.6 cm³/mol. The lowest BCUT2D eigenvalue weighted by atomic mass is 10.1. The molecular formula is C17H9BrCl2N2O3. The summed E-state index contributed by atoms with van der Waals surface area (Å²) >= 11 is 15.1. The molecule has 3 rings (SSSR count). The highest BCUT2D eigenvalue weighted by Crippen LogP contribution is 2.26. The maximum absolute atomic E-state index is 12.7. The molecule has 25 heavy (non-hydrogen) atoms. The van der Waals surface area contributed by atoms with Gasteiger partial charge in [-0.15, -0.1) is 0 Å². The van der Waals surface area contributed by atoms with Crippen molar-refractivity contribution >= 4 is 68.7 Å². The number of hydrogen-bond acceptors (Lipinski definition) is 3. The smallest absolute Gasteiger partial charge is 0.273 e. The molecule has 1 N–H and O–H groups in total. The molecule has 1 heterocycles. The molecule has 0 aliphatic carbocycles. The SMILES string of the molecule is O=C1NC(=O)N(c2ccc(Br)cc2)C(=O)C1=Cc1ccc(Cl)c(Cl)c1. The van der Waals surface area contributed by atoms with Gasteiger partial charge in [0.2, 0.25) is 0 Å². The molecule has 1 aliphatic heterocycles. The average Bonchev–Trinajstić information content (AvgIpc) is 2.56. The number of carbonyl (C=O) groups is 3. The predicted octanol–water partition coefficient (Wildman–Crippen LogP) is 4.42. The number of anilines is 1. The van der Waals surface area contributed by atoms with Crippen LogP contribution in [0.15, 0.2) is 52.5 Å². The monoisotopic (exact) mass is 438 g/mol. The Kier molecular flexibility index (Phi) is 4.94. The molecule has 1 fully saturated rings. The molecule has 0 bridgehead atoms. The Labute approximate surface area is 161 Å². The van der Waals surface area contributed by atoms with Crippen LogP contribution >= 0.6 is 39.1 Å². The van der Waals surface area contributed by atoms with E-state index in [1.54, 1.807) is 36.4 Å². The van der Waals surface area contributed by atoms with Gasteiger partial charge in [-0.2, -0.15) is 0 Å².